The average Bonchev–Trinajstić information content (AvgIpc) is 3.06. The van der Waals surface area contributed by atoms with E-state index in [0.29, 0.717) is 5.75 Å². The van der Waals surface area contributed by atoms with Crippen molar-refractivity contribution in [2.24, 2.45) is 5.41 Å². The number of nitrogens with one attached hydrogen (secondary N) is 1. The van der Waals surface area contributed by atoms with Crippen molar-refractivity contribution in [2.75, 3.05) is 18.9 Å². The van der Waals surface area contributed by atoms with Crippen molar-refractivity contribution in [2.45, 2.75) is 31.4 Å². The molecular weight excluding hydrogens is 364 g/mol. The third kappa shape index (κ3) is 3.04. The molecule has 1 aromatic heterocycles. The molecule has 3 rings (SSSR count). The van der Waals surface area contributed by atoms with Crippen molar-refractivity contribution in [3.8, 4) is 0 Å². The molecule has 7 nitrogen and oxygen atoms in total. The molecule has 0 radical (unpaired) electrons. The first kappa shape index (κ1) is 18.2. The SMILES string of the molecule is CCOC1(NC(=O)Cc2ccsc2)C(=O)N2CC(C)(C(=O)O)CS[C@@H]21. The Morgan fingerprint density at radius 1 is 1.52 bits per heavy atom. The van der Waals surface area contributed by atoms with E-state index in [4.69, 9.17) is 4.74 Å². The van der Waals surface area contributed by atoms with E-state index in [-0.39, 0.29) is 31.4 Å². The zero-order chi connectivity index (χ0) is 18.2. The number of hydrogen-bond donors (Lipinski definition) is 2. The van der Waals surface area contributed by atoms with Crippen LogP contribution in [-0.2, 0) is 25.5 Å². The van der Waals surface area contributed by atoms with Crippen LogP contribution in [0.25, 0.3) is 0 Å². The minimum absolute atomic E-state index is 0.119. The van der Waals surface area contributed by atoms with Gasteiger partial charge in [-0.1, -0.05) is 0 Å². The summed E-state index contributed by atoms with van der Waals surface area (Å²) in [5.41, 5.74) is -1.50. The minimum atomic E-state index is -1.40. The molecule has 0 aromatic carbocycles. The van der Waals surface area contributed by atoms with E-state index in [1.54, 1.807) is 13.8 Å². The molecule has 0 aliphatic carbocycles. The van der Waals surface area contributed by atoms with Gasteiger partial charge in [0.25, 0.3) is 11.6 Å². The van der Waals surface area contributed by atoms with Crippen LogP contribution in [0.3, 0.4) is 0 Å². The van der Waals surface area contributed by atoms with Gasteiger partial charge in [0.05, 0.1) is 11.8 Å². The van der Waals surface area contributed by atoms with E-state index in [1.807, 2.05) is 16.8 Å². The highest BCUT2D eigenvalue weighted by molar-refractivity contribution is 8.00. The van der Waals surface area contributed by atoms with Crippen molar-refractivity contribution in [1.82, 2.24) is 10.2 Å². The number of carbonyl (C=O) groups is 3. The summed E-state index contributed by atoms with van der Waals surface area (Å²) in [6.45, 7) is 3.78. The van der Waals surface area contributed by atoms with Gasteiger partial charge in [0.2, 0.25) is 5.91 Å². The van der Waals surface area contributed by atoms with Gasteiger partial charge in [-0.25, -0.2) is 0 Å². The highest BCUT2D eigenvalue weighted by Crippen LogP contribution is 2.47. The lowest BCUT2D eigenvalue weighted by Gasteiger charge is -2.58. The fourth-order valence-corrected chi connectivity index (χ4v) is 5.32. The molecule has 0 spiro atoms. The number of fused-ring (bicyclic) bond motifs is 1. The van der Waals surface area contributed by atoms with Gasteiger partial charge in [0.15, 0.2) is 0 Å². The number of amides is 2. The number of thiophene rings is 1. The second-order valence-corrected chi connectivity index (χ2v) is 8.34. The topological polar surface area (TPSA) is 95.9 Å². The van der Waals surface area contributed by atoms with Gasteiger partial charge in [-0.05, 0) is 36.2 Å². The lowest BCUT2D eigenvalue weighted by atomic mass is 9.88. The van der Waals surface area contributed by atoms with Crippen LogP contribution in [0.15, 0.2) is 16.8 Å². The second kappa shape index (κ2) is 6.62. The molecule has 2 N–H and O–H groups in total. The van der Waals surface area contributed by atoms with Crippen molar-refractivity contribution >= 4 is 40.9 Å². The molecule has 136 valence electrons. The van der Waals surface area contributed by atoms with E-state index in [0.717, 1.165) is 5.56 Å². The molecule has 0 saturated carbocycles. The normalized spacial score (nSPS) is 31.2. The Bertz CT molecular complexity index is 695. The summed E-state index contributed by atoms with van der Waals surface area (Å²) in [5, 5.41) is 15.5. The summed E-state index contributed by atoms with van der Waals surface area (Å²) < 4.78 is 5.68. The maximum atomic E-state index is 12.7. The van der Waals surface area contributed by atoms with Gasteiger partial charge in [-0.3, -0.25) is 14.4 Å². The van der Waals surface area contributed by atoms with Crippen LogP contribution >= 0.6 is 23.1 Å². The number of carboxylic acids is 1. The predicted molar refractivity (Wildman–Crippen MR) is 94.2 cm³/mol. The minimum Gasteiger partial charge on any atom is -0.481 e. The third-order valence-electron chi connectivity index (χ3n) is 4.45. The molecule has 9 heteroatoms. The van der Waals surface area contributed by atoms with E-state index >= 15 is 0 Å². The Morgan fingerprint density at radius 3 is 2.88 bits per heavy atom. The van der Waals surface area contributed by atoms with Gasteiger partial charge in [-0.2, -0.15) is 11.3 Å². The van der Waals surface area contributed by atoms with Crippen LogP contribution in [-0.4, -0.2) is 57.8 Å². The summed E-state index contributed by atoms with van der Waals surface area (Å²) in [4.78, 5) is 38.1. The number of carboxylic acid groups (broad SMARTS) is 1. The fourth-order valence-electron chi connectivity index (χ4n) is 3.10. The zero-order valence-electron chi connectivity index (χ0n) is 14.0. The smallest absolute Gasteiger partial charge is 0.312 e. The molecule has 0 bridgehead atoms. The Kier molecular flexibility index (Phi) is 4.82. The monoisotopic (exact) mass is 384 g/mol. The zero-order valence-corrected chi connectivity index (χ0v) is 15.6. The fraction of sp³-hybridized carbons (Fsp3) is 0.562. The van der Waals surface area contributed by atoms with Crippen LogP contribution in [0.1, 0.15) is 19.4 Å². The molecule has 2 aliphatic heterocycles. The lowest BCUT2D eigenvalue weighted by Crippen LogP contribution is -2.82. The van der Waals surface area contributed by atoms with E-state index in [2.05, 4.69) is 5.32 Å². The van der Waals surface area contributed by atoms with Crippen LogP contribution < -0.4 is 5.32 Å². The first-order valence-corrected chi connectivity index (χ1v) is 9.93. The molecule has 2 amide bonds. The van der Waals surface area contributed by atoms with Crippen LogP contribution in [0.5, 0.6) is 0 Å². The number of rotatable bonds is 6. The van der Waals surface area contributed by atoms with Gasteiger partial charge in [-0.15, -0.1) is 11.8 Å². The number of carbonyl (C=O) groups excluding carboxylic acids is 2. The van der Waals surface area contributed by atoms with Crippen molar-refractivity contribution in [3.05, 3.63) is 22.4 Å². The molecule has 2 unspecified atom stereocenters. The predicted octanol–water partition coefficient (Wildman–Crippen LogP) is 1.15. The first-order chi connectivity index (χ1) is 11.8. The summed E-state index contributed by atoms with van der Waals surface area (Å²) in [6, 6.07) is 1.86. The summed E-state index contributed by atoms with van der Waals surface area (Å²) >= 11 is 2.84. The van der Waals surface area contributed by atoms with Crippen molar-refractivity contribution in [3.63, 3.8) is 0 Å². The summed E-state index contributed by atoms with van der Waals surface area (Å²) in [5.74, 6) is -1.24. The van der Waals surface area contributed by atoms with Crippen LogP contribution in [0.2, 0.25) is 0 Å². The number of nitrogens with zero attached hydrogens (tertiary/aromatic N) is 1. The quantitative estimate of drug-likeness (QED) is 0.564. The molecule has 2 fully saturated rings. The largest absolute Gasteiger partial charge is 0.481 e. The Morgan fingerprint density at radius 2 is 2.28 bits per heavy atom. The van der Waals surface area contributed by atoms with Gasteiger partial charge < -0.3 is 20.1 Å². The maximum Gasteiger partial charge on any atom is 0.312 e. The standard InChI is InChI=1S/C16H20N2O5S2/c1-3-23-16(17-11(19)6-10-4-5-24-7-10)12(20)18-8-15(2,14(21)22)9-25-13(16)18/h4-5,7,13H,3,6,8-9H2,1-2H3,(H,17,19)(H,21,22)/t13-,15?,16?/m1/s1. The Labute approximate surface area is 153 Å². The Hall–Kier alpha value is -1.58. The highest BCUT2D eigenvalue weighted by atomic mass is 32.2. The van der Waals surface area contributed by atoms with Crippen molar-refractivity contribution < 1.29 is 24.2 Å². The van der Waals surface area contributed by atoms with Crippen LogP contribution in [0.4, 0.5) is 0 Å². The molecule has 2 aliphatic rings. The molecule has 1 aromatic rings. The lowest BCUT2D eigenvalue weighted by molar-refractivity contribution is -0.205. The van der Waals surface area contributed by atoms with Gasteiger partial charge in [0, 0.05) is 18.9 Å². The van der Waals surface area contributed by atoms with Crippen molar-refractivity contribution in [1.29, 1.82) is 0 Å². The van der Waals surface area contributed by atoms with Gasteiger partial charge in [0.1, 0.15) is 5.37 Å². The highest BCUT2D eigenvalue weighted by Gasteiger charge is 2.67. The number of ether oxygens (including phenoxy) is 1. The van der Waals surface area contributed by atoms with E-state index < -0.39 is 22.5 Å². The molecule has 3 heterocycles. The molecular formula is C16H20N2O5S2. The number of aliphatic carboxylic acids is 1. The molecule has 2 saturated heterocycles. The Balaban J connectivity index is 1.74. The van der Waals surface area contributed by atoms with E-state index in [1.165, 1.54) is 28.0 Å². The first-order valence-electron chi connectivity index (χ1n) is 7.94. The third-order valence-corrected chi connectivity index (χ3v) is 6.88. The molecule has 3 atom stereocenters. The second-order valence-electron chi connectivity index (χ2n) is 6.49. The average molecular weight is 384 g/mol. The summed E-state index contributed by atoms with van der Waals surface area (Å²) in [6.07, 6.45) is 0.176. The summed E-state index contributed by atoms with van der Waals surface area (Å²) in [7, 11) is 0. The van der Waals surface area contributed by atoms with E-state index in [9.17, 15) is 19.5 Å². The molecule has 25 heavy (non-hydrogen) atoms. The number of β-lactam (4-membered cyclic amide) rings is 1. The van der Waals surface area contributed by atoms with Crippen LogP contribution in [0, 0.1) is 5.41 Å². The number of thioether (sulfide) groups is 1. The number of hydrogen-bond acceptors (Lipinski definition) is 6. The maximum absolute atomic E-state index is 12.7. The van der Waals surface area contributed by atoms with Gasteiger partial charge >= 0.3 is 5.97 Å².